The topological polar surface area (TPSA) is 35.6 Å². The fraction of sp³-hybridized carbons (Fsp3) is 0. The van der Waals surface area contributed by atoms with Gasteiger partial charge in [0.2, 0.25) is 0 Å². The molecule has 0 spiro atoms. The molecule has 0 atom stereocenters. The third-order valence-corrected chi connectivity index (χ3v) is 15.9. The molecule has 15 aromatic rings. The average molecular weight is 957 g/mol. The SMILES string of the molecule is Fc1ccccc1-c1ccc2c(c1)c1cc(-c3ccccc3F)ccc1c1nc3c(-c4ccc5c6ccccc6n(-c6ccccc6)c5c4)sc(-c4ccc5c6ccccc6n(-c6ccccc6)c5c4)c3nc21. The fourth-order valence-corrected chi connectivity index (χ4v) is 12.5. The van der Waals surface area contributed by atoms with Crippen LogP contribution in [0.1, 0.15) is 0 Å². The van der Waals surface area contributed by atoms with Crippen molar-refractivity contribution >= 4 is 98.6 Å². The summed E-state index contributed by atoms with van der Waals surface area (Å²) in [5.41, 5.74) is 14.2. The van der Waals surface area contributed by atoms with Crippen LogP contribution in [0.25, 0.3) is 142 Å². The lowest BCUT2D eigenvalue weighted by molar-refractivity contribution is 0.631. The van der Waals surface area contributed by atoms with Gasteiger partial charge in [-0.05, 0) is 106 Å². The first-order chi connectivity index (χ1) is 36.0. The third kappa shape index (κ3) is 6.35. The number of fused-ring (bicyclic) bond motifs is 13. The summed E-state index contributed by atoms with van der Waals surface area (Å²) in [7, 11) is 0. The van der Waals surface area contributed by atoms with E-state index < -0.39 is 0 Å². The molecule has 15 rings (SSSR count). The lowest BCUT2D eigenvalue weighted by atomic mass is 9.93. The largest absolute Gasteiger partial charge is 0.309 e. The van der Waals surface area contributed by atoms with Gasteiger partial charge in [0.1, 0.15) is 22.7 Å². The highest BCUT2D eigenvalue weighted by atomic mass is 32.1. The zero-order valence-corrected chi connectivity index (χ0v) is 39.7. The van der Waals surface area contributed by atoms with Gasteiger partial charge in [-0.3, -0.25) is 0 Å². The van der Waals surface area contributed by atoms with E-state index in [4.69, 9.17) is 9.97 Å². The molecule has 0 saturated heterocycles. The van der Waals surface area contributed by atoms with E-state index in [0.29, 0.717) is 11.1 Å². The molecule has 73 heavy (non-hydrogen) atoms. The van der Waals surface area contributed by atoms with E-state index in [0.717, 1.165) is 120 Å². The molecule has 4 nitrogen and oxygen atoms in total. The van der Waals surface area contributed by atoms with E-state index in [2.05, 4.69) is 155 Å². The van der Waals surface area contributed by atoms with Gasteiger partial charge >= 0.3 is 0 Å². The molecule has 0 saturated carbocycles. The lowest BCUT2D eigenvalue weighted by Gasteiger charge is -2.14. The summed E-state index contributed by atoms with van der Waals surface area (Å²) >= 11 is 1.71. The van der Waals surface area contributed by atoms with E-state index in [1.54, 1.807) is 35.6 Å². The predicted molar refractivity (Wildman–Crippen MR) is 300 cm³/mol. The Kier molecular flexibility index (Phi) is 9.16. The van der Waals surface area contributed by atoms with E-state index in [9.17, 15) is 0 Å². The number of benzene rings is 11. The molecule has 0 unspecified atom stereocenters. The molecule has 0 bridgehead atoms. The monoisotopic (exact) mass is 956 g/mol. The van der Waals surface area contributed by atoms with Gasteiger partial charge in [0, 0.05) is 54.8 Å². The van der Waals surface area contributed by atoms with Crippen LogP contribution in [0.5, 0.6) is 0 Å². The normalized spacial score (nSPS) is 12.0. The Labute approximate surface area is 420 Å². The second-order valence-electron chi connectivity index (χ2n) is 18.7. The van der Waals surface area contributed by atoms with Gasteiger partial charge < -0.3 is 9.13 Å². The van der Waals surface area contributed by atoms with Crippen LogP contribution < -0.4 is 0 Å². The summed E-state index contributed by atoms with van der Waals surface area (Å²) in [5, 5.41) is 8.19. The minimum absolute atomic E-state index is 0.304. The summed E-state index contributed by atoms with van der Waals surface area (Å²) in [6.45, 7) is 0. The molecule has 342 valence electrons. The summed E-state index contributed by atoms with van der Waals surface area (Å²) in [5.74, 6) is -0.608. The van der Waals surface area contributed by atoms with Crippen LogP contribution in [0.2, 0.25) is 0 Å². The number of halogens is 2. The van der Waals surface area contributed by atoms with Gasteiger partial charge in [-0.1, -0.05) is 158 Å². The molecule has 11 aromatic carbocycles. The van der Waals surface area contributed by atoms with Crippen LogP contribution >= 0.6 is 11.3 Å². The number of thiophene rings is 1. The minimum atomic E-state index is -0.304. The van der Waals surface area contributed by atoms with Crippen molar-refractivity contribution in [1.29, 1.82) is 0 Å². The highest BCUT2D eigenvalue weighted by molar-refractivity contribution is 7.20. The van der Waals surface area contributed by atoms with Gasteiger partial charge in [-0.15, -0.1) is 11.3 Å². The minimum Gasteiger partial charge on any atom is -0.309 e. The average Bonchev–Trinajstić information content (AvgIpc) is 4.11. The molecule has 0 aliphatic carbocycles. The number of hydrogen-bond acceptors (Lipinski definition) is 3. The maximum atomic E-state index is 15.6. The smallest absolute Gasteiger partial charge is 0.131 e. The molecule has 7 heteroatoms. The zero-order valence-electron chi connectivity index (χ0n) is 38.9. The molecular formula is C66H38F2N4S. The molecule has 0 amide bonds. The van der Waals surface area contributed by atoms with Crippen LogP contribution in [-0.2, 0) is 0 Å². The van der Waals surface area contributed by atoms with Crippen LogP contribution in [0.3, 0.4) is 0 Å². The van der Waals surface area contributed by atoms with Gasteiger partial charge in [0.15, 0.2) is 0 Å². The summed E-state index contributed by atoms with van der Waals surface area (Å²) in [6, 6.07) is 77.6. The molecular weight excluding hydrogens is 919 g/mol. The first kappa shape index (κ1) is 41.5. The Morgan fingerprint density at radius 3 is 1.11 bits per heavy atom. The Bertz CT molecular complexity index is 4460. The first-order valence-corrected chi connectivity index (χ1v) is 25.2. The third-order valence-electron chi connectivity index (χ3n) is 14.6. The van der Waals surface area contributed by atoms with Gasteiger partial charge in [0.25, 0.3) is 0 Å². The van der Waals surface area contributed by atoms with E-state index in [1.807, 2.05) is 48.5 Å². The molecule has 0 N–H and O–H groups in total. The molecule has 0 aliphatic heterocycles. The Hall–Kier alpha value is -9.30. The molecule has 4 heterocycles. The Balaban J connectivity index is 1.05. The van der Waals surface area contributed by atoms with Crippen LogP contribution in [0, 0.1) is 11.6 Å². The second kappa shape index (κ2) is 16.1. The Morgan fingerprint density at radius 1 is 0.288 bits per heavy atom. The summed E-state index contributed by atoms with van der Waals surface area (Å²) in [6.07, 6.45) is 0. The molecule has 0 fully saturated rings. The van der Waals surface area contributed by atoms with E-state index in [1.165, 1.54) is 22.9 Å². The number of para-hydroxylation sites is 4. The standard InChI is InChI=1S/C66H38F2N4S/c67-55-23-11-7-19-45(55)39-27-33-51-53(35-39)54-36-40(46-20-8-12-24-56(46)68)28-34-52(54)62-61(51)69-63-64(70-62)66(42-30-32-50-48-22-10-14-26-58(48)72(60(50)38-42)44-17-5-2-6-18-44)73-65(63)41-29-31-49-47-21-9-13-25-57(47)71(59(49)37-41)43-15-3-1-4-16-43/h1-38H. The van der Waals surface area contributed by atoms with Crippen molar-refractivity contribution in [3.63, 3.8) is 0 Å². The fourth-order valence-electron chi connectivity index (χ4n) is 11.3. The number of aromatic nitrogens is 4. The van der Waals surface area contributed by atoms with Crippen molar-refractivity contribution in [2.75, 3.05) is 0 Å². The Morgan fingerprint density at radius 2 is 0.658 bits per heavy atom. The van der Waals surface area contributed by atoms with Crippen LogP contribution in [0.4, 0.5) is 8.78 Å². The zero-order chi connectivity index (χ0) is 48.3. The van der Waals surface area contributed by atoms with Crippen molar-refractivity contribution in [2.45, 2.75) is 0 Å². The van der Waals surface area contributed by atoms with Crippen molar-refractivity contribution in [3.8, 4) is 54.5 Å². The molecule has 4 aromatic heterocycles. The van der Waals surface area contributed by atoms with Crippen molar-refractivity contribution in [3.05, 3.63) is 242 Å². The number of hydrogen-bond donors (Lipinski definition) is 0. The maximum Gasteiger partial charge on any atom is 0.131 e. The van der Waals surface area contributed by atoms with Crippen molar-refractivity contribution in [2.24, 2.45) is 0 Å². The highest BCUT2D eigenvalue weighted by Crippen LogP contribution is 2.48. The van der Waals surface area contributed by atoms with E-state index in [-0.39, 0.29) is 11.6 Å². The molecule has 0 radical (unpaired) electrons. The summed E-state index contributed by atoms with van der Waals surface area (Å²) < 4.78 is 35.8. The first-order valence-electron chi connectivity index (χ1n) is 24.4. The predicted octanol–water partition coefficient (Wildman–Crippen LogP) is 18.3. The van der Waals surface area contributed by atoms with E-state index >= 15 is 8.78 Å². The van der Waals surface area contributed by atoms with Crippen LogP contribution in [-0.4, -0.2) is 19.1 Å². The second-order valence-corrected chi connectivity index (χ2v) is 19.7. The highest BCUT2D eigenvalue weighted by Gasteiger charge is 2.24. The lowest BCUT2D eigenvalue weighted by Crippen LogP contribution is -1.94. The quantitative estimate of drug-likeness (QED) is 0.156. The van der Waals surface area contributed by atoms with Crippen molar-refractivity contribution in [1.82, 2.24) is 19.1 Å². The number of rotatable bonds is 6. The summed E-state index contributed by atoms with van der Waals surface area (Å²) in [4.78, 5) is 13.5. The van der Waals surface area contributed by atoms with Gasteiger partial charge in [-0.25, -0.2) is 18.7 Å². The van der Waals surface area contributed by atoms with Crippen molar-refractivity contribution < 1.29 is 8.78 Å². The number of nitrogens with zero attached hydrogens (tertiary/aromatic N) is 4. The molecule has 0 aliphatic rings. The van der Waals surface area contributed by atoms with Gasteiger partial charge in [-0.2, -0.15) is 0 Å². The maximum absolute atomic E-state index is 15.6. The van der Waals surface area contributed by atoms with Crippen LogP contribution in [0.15, 0.2) is 231 Å². The van der Waals surface area contributed by atoms with Gasteiger partial charge in [0.05, 0.1) is 42.9 Å².